The predicted molar refractivity (Wildman–Crippen MR) is 76.2 cm³/mol. The fourth-order valence-corrected chi connectivity index (χ4v) is 3.05. The number of amides is 1. The van der Waals surface area contributed by atoms with Gasteiger partial charge in [-0.05, 0) is 31.5 Å². The van der Waals surface area contributed by atoms with Crippen LogP contribution in [0.2, 0.25) is 0 Å². The van der Waals surface area contributed by atoms with E-state index in [0.717, 1.165) is 51.4 Å². The molecule has 3 rings (SSSR count). The number of nitrogens with zero attached hydrogens (tertiary/aromatic N) is 2. The zero-order valence-electron chi connectivity index (χ0n) is 11.9. The molecule has 1 unspecified atom stereocenters. The van der Waals surface area contributed by atoms with Crippen molar-refractivity contribution in [2.75, 3.05) is 32.7 Å². The third-order valence-electron chi connectivity index (χ3n) is 4.27. The lowest BCUT2D eigenvalue weighted by molar-refractivity contribution is -0.133. The second kappa shape index (κ2) is 6.41. The van der Waals surface area contributed by atoms with Gasteiger partial charge in [-0.25, -0.2) is 0 Å². The van der Waals surface area contributed by atoms with Crippen LogP contribution in [0.15, 0.2) is 22.8 Å². The van der Waals surface area contributed by atoms with Gasteiger partial charge in [-0.15, -0.1) is 0 Å². The highest BCUT2D eigenvalue weighted by molar-refractivity contribution is 5.77. The minimum Gasteiger partial charge on any atom is -0.468 e. The van der Waals surface area contributed by atoms with Crippen molar-refractivity contribution in [2.24, 2.45) is 0 Å². The van der Waals surface area contributed by atoms with Crippen molar-refractivity contribution in [3.63, 3.8) is 0 Å². The molecular weight excluding hydrogens is 254 g/mol. The van der Waals surface area contributed by atoms with Crippen LogP contribution in [0, 0.1) is 0 Å². The molecule has 20 heavy (non-hydrogen) atoms. The number of rotatable bonds is 4. The molecule has 1 amide bonds. The van der Waals surface area contributed by atoms with E-state index in [4.69, 9.17) is 4.42 Å². The van der Waals surface area contributed by atoms with Crippen LogP contribution < -0.4 is 5.32 Å². The maximum Gasteiger partial charge on any atom is 0.224 e. The summed E-state index contributed by atoms with van der Waals surface area (Å²) in [6.45, 7) is 5.46. The molecule has 1 aromatic rings. The standard InChI is InChI=1S/C15H23N3O2/c19-15(11-13-3-1-5-16-13)18-8-6-17(7-9-18)12-14-4-2-10-20-14/h2,4,10,13,16H,1,3,5-9,11-12H2. The Kier molecular flexibility index (Phi) is 4.38. The zero-order valence-corrected chi connectivity index (χ0v) is 11.9. The Balaban J connectivity index is 1.42. The SMILES string of the molecule is O=C(CC1CCCN1)N1CCN(Cc2ccco2)CC1. The van der Waals surface area contributed by atoms with Crippen molar-refractivity contribution < 1.29 is 9.21 Å². The number of carbonyl (C=O) groups is 1. The average Bonchev–Trinajstić information content (AvgIpc) is 3.13. The molecule has 1 N–H and O–H groups in total. The Bertz CT molecular complexity index is 418. The third kappa shape index (κ3) is 3.41. The van der Waals surface area contributed by atoms with Gasteiger partial charge in [-0.3, -0.25) is 9.69 Å². The number of nitrogens with one attached hydrogen (secondary N) is 1. The van der Waals surface area contributed by atoms with E-state index in [9.17, 15) is 4.79 Å². The summed E-state index contributed by atoms with van der Waals surface area (Å²) in [6, 6.07) is 4.33. The van der Waals surface area contributed by atoms with Gasteiger partial charge in [0.15, 0.2) is 0 Å². The van der Waals surface area contributed by atoms with Crippen molar-refractivity contribution in [3.8, 4) is 0 Å². The lowest BCUT2D eigenvalue weighted by Crippen LogP contribution is -2.49. The van der Waals surface area contributed by atoms with E-state index in [0.29, 0.717) is 18.4 Å². The van der Waals surface area contributed by atoms with Crippen LogP contribution >= 0.6 is 0 Å². The van der Waals surface area contributed by atoms with Gasteiger partial charge in [0.05, 0.1) is 12.8 Å². The Labute approximate surface area is 119 Å². The summed E-state index contributed by atoms with van der Waals surface area (Å²) >= 11 is 0. The summed E-state index contributed by atoms with van der Waals surface area (Å²) in [5.74, 6) is 1.31. The quantitative estimate of drug-likeness (QED) is 0.894. The van der Waals surface area contributed by atoms with Crippen LogP contribution in [-0.2, 0) is 11.3 Å². The summed E-state index contributed by atoms with van der Waals surface area (Å²) in [5, 5.41) is 3.39. The summed E-state index contributed by atoms with van der Waals surface area (Å²) in [7, 11) is 0. The van der Waals surface area contributed by atoms with Crippen LogP contribution in [-0.4, -0.2) is 54.5 Å². The minimum atomic E-state index is 0.307. The van der Waals surface area contributed by atoms with Crippen molar-refractivity contribution >= 4 is 5.91 Å². The molecule has 2 fully saturated rings. The highest BCUT2D eigenvalue weighted by atomic mass is 16.3. The molecule has 1 aromatic heterocycles. The van der Waals surface area contributed by atoms with E-state index in [2.05, 4.69) is 10.2 Å². The van der Waals surface area contributed by atoms with Crippen LogP contribution in [0.3, 0.4) is 0 Å². The summed E-state index contributed by atoms with van der Waals surface area (Å²) in [4.78, 5) is 16.6. The normalized spacial score (nSPS) is 24.2. The molecule has 0 aliphatic carbocycles. The van der Waals surface area contributed by atoms with Gasteiger partial charge in [0, 0.05) is 38.6 Å². The van der Waals surface area contributed by atoms with Crippen LogP contribution in [0.1, 0.15) is 25.0 Å². The Morgan fingerprint density at radius 1 is 1.35 bits per heavy atom. The van der Waals surface area contributed by atoms with Gasteiger partial charge in [-0.2, -0.15) is 0 Å². The summed E-state index contributed by atoms with van der Waals surface area (Å²) in [5.41, 5.74) is 0. The molecule has 2 aliphatic heterocycles. The van der Waals surface area contributed by atoms with Gasteiger partial charge >= 0.3 is 0 Å². The van der Waals surface area contributed by atoms with Gasteiger partial charge in [-0.1, -0.05) is 0 Å². The van der Waals surface area contributed by atoms with Gasteiger partial charge in [0.2, 0.25) is 5.91 Å². The Morgan fingerprint density at radius 2 is 2.20 bits per heavy atom. The lowest BCUT2D eigenvalue weighted by atomic mass is 10.1. The average molecular weight is 277 g/mol. The summed E-state index contributed by atoms with van der Waals surface area (Å²) in [6.07, 6.45) is 4.72. The number of hydrogen-bond acceptors (Lipinski definition) is 4. The van der Waals surface area contributed by atoms with Crippen LogP contribution in [0.25, 0.3) is 0 Å². The first-order valence-corrected chi connectivity index (χ1v) is 7.57. The van der Waals surface area contributed by atoms with E-state index in [1.54, 1.807) is 6.26 Å². The van der Waals surface area contributed by atoms with Gasteiger partial charge < -0.3 is 14.6 Å². The maximum absolute atomic E-state index is 12.2. The van der Waals surface area contributed by atoms with E-state index in [1.807, 2.05) is 17.0 Å². The second-order valence-corrected chi connectivity index (χ2v) is 5.73. The van der Waals surface area contributed by atoms with E-state index in [-0.39, 0.29) is 0 Å². The number of furan rings is 1. The Morgan fingerprint density at radius 3 is 2.85 bits per heavy atom. The first-order valence-electron chi connectivity index (χ1n) is 7.57. The maximum atomic E-state index is 12.2. The molecule has 3 heterocycles. The van der Waals surface area contributed by atoms with Crippen molar-refractivity contribution in [1.82, 2.24) is 15.1 Å². The van der Waals surface area contributed by atoms with Gasteiger partial charge in [0.25, 0.3) is 0 Å². The molecule has 0 radical (unpaired) electrons. The first-order chi connectivity index (χ1) is 9.81. The molecular formula is C15H23N3O2. The molecule has 5 heteroatoms. The van der Waals surface area contributed by atoms with Crippen LogP contribution in [0.4, 0.5) is 0 Å². The van der Waals surface area contributed by atoms with Crippen molar-refractivity contribution in [3.05, 3.63) is 24.2 Å². The van der Waals surface area contributed by atoms with Gasteiger partial charge in [0.1, 0.15) is 5.76 Å². The predicted octanol–water partition coefficient (Wildman–Crippen LogP) is 1.07. The molecule has 2 saturated heterocycles. The molecule has 1 atom stereocenters. The van der Waals surface area contributed by atoms with Crippen molar-refractivity contribution in [1.29, 1.82) is 0 Å². The number of piperazine rings is 1. The highest BCUT2D eigenvalue weighted by Crippen LogP contribution is 2.13. The summed E-state index contributed by atoms with van der Waals surface area (Å²) < 4.78 is 5.37. The molecule has 110 valence electrons. The molecule has 0 saturated carbocycles. The van der Waals surface area contributed by atoms with Crippen molar-refractivity contribution in [2.45, 2.75) is 31.8 Å². The molecule has 5 nitrogen and oxygen atoms in total. The zero-order chi connectivity index (χ0) is 13.8. The molecule has 2 aliphatic rings. The molecule has 0 spiro atoms. The highest BCUT2D eigenvalue weighted by Gasteiger charge is 2.25. The number of carbonyl (C=O) groups excluding carboxylic acids is 1. The lowest BCUT2D eigenvalue weighted by Gasteiger charge is -2.34. The monoisotopic (exact) mass is 277 g/mol. The Hall–Kier alpha value is -1.33. The van der Waals surface area contributed by atoms with E-state index in [1.165, 1.54) is 6.42 Å². The minimum absolute atomic E-state index is 0.307. The molecule has 0 bridgehead atoms. The largest absolute Gasteiger partial charge is 0.468 e. The third-order valence-corrected chi connectivity index (χ3v) is 4.27. The smallest absolute Gasteiger partial charge is 0.224 e. The number of hydrogen-bond donors (Lipinski definition) is 1. The van der Waals surface area contributed by atoms with E-state index < -0.39 is 0 Å². The second-order valence-electron chi connectivity index (χ2n) is 5.73. The fourth-order valence-electron chi connectivity index (χ4n) is 3.05. The molecule has 0 aromatic carbocycles. The van der Waals surface area contributed by atoms with Crippen LogP contribution in [0.5, 0.6) is 0 Å². The van der Waals surface area contributed by atoms with E-state index >= 15 is 0 Å². The topological polar surface area (TPSA) is 48.7 Å². The fraction of sp³-hybridized carbons (Fsp3) is 0.667. The first kappa shape index (κ1) is 13.6.